The van der Waals surface area contributed by atoms with Crippen LogP contribution in [0.2, 0.25) is 5.02 Å². The van der Waals surface area contributed by atoms with Crippen LogP contribution in [0.4, 0.5) is 0 Å². The van der Waals surface area contributed by atoms with Crippen molar-refractivity contribution in [1.29, 1.82) is 0 Å². The van der Waals surface area contributed by atoms with Gasteiger partial charge in [0.2, 0.25) is 0 Å². The average Bonchev–Trinajstić information content (AvgIpc) is 3.05. The lowest BCUT2D eigenvalue weighted by Gasteiger charge is -2.07. The summed E-state index contributed by atoms with van der Waals surface area (Å²) in [4.78, 5) is 24.4. The molecule has 0 aliphatic rings. The van der Waals surface area contributed by atoms with Gasteiger partial charge in [-0.1, -0.05) is 29.8 Å². The number of nitrogens with one attached hydrogen (secondary N) is 2. The molecule has 8 heteroatoms. The molecule has 0 spiro atoms. The lowest BCUT2D eigenvalue weighted by molar-refractivity contribution is -0.117. The van der Waals surface area contributed by atoms with Crippen molar-refractivity contribution in [1.82, 2.24) is 20.6 Å². The van der Waals surface area contributed by atoms with Crippen LogP contribution in [0.5, 0.6) is 5.75 Å². The molecule has 166 valence electrons. The molecule has 2 N–H and O–H groups in total. The van der Waals surface area contributed by atoms with E-state index in [0.717, 1.165) is 22.5 Å². The molecular formula is C24H25ClN4O3. The van der Waals surface area contributed by atoms with Crippen molar-refractivity contribution >= 4 is 29.5 Å². The van der Waals surface area contributed by atoms with E-state index < -0.39 is 11.8 Å². The smallest absolute Gasteiger partial charge is 0.269 e. The molecule has 3 aromatic rings. The van der Waals surface area contributed by atoms with Gasteiger partial charge in [0.1, 0.15) is 5.75 Å². The van der Waals surface area contributed by atoms with Crippen LogP contribution in [-0.2, 0) is 11.3 Å². The zero-order chi connectivity index (χ0) is 23.1. The highest BCUT2D eigenvalue weighted by molar-refractivity contribution is 6.31. The Labute approximate surface area is 192 Å². The first-order chi connectivity index (χ1) is 15.4. The Bertz CT molecular complexity index is 1140. The number of halogens is 1. The van der Waals surface area contributed by atoms with Crippen LogP contribution < -0.4 is 15.6 Å². The second-order valence-electron chi connectivity index (χ2n) is 7.07. The molecule has 1 heterocycles. The zero-order valence-electron chi connectivity index (χ0n) is 18.2. The van der Waals surface area contributed by atoms with Gasteiger partial charge in [-0.15, -0.1) is 0 Å². The van der Waals surface area contributed by atoms with Crippen molar-refractivity contribution in [2.45, 2.75) is 27.3 Å². The second-order valence-corrected chi connectivity index (χ2v) is 7.47. The van der Waals surface area contributed by atoms with Crippen molar-refractivity contribution in [3.8, 4) is 5.75 Å². The lowest BCUT2D eigenvalue weighted by atomic mass is 10.1. The summed E-state index contributed by atoms with van der Waals surface area (Å²) in [5, 5.41) is 5.23. The SMILES string of the molecule is CCOc1ccc(C(=O)NNC(=O)/C=C/c2c(C)nn(Cc3ccccc3Cl)c2C)cc1. The molecule has 1 aromatic heterocycles. The summed E-state index contributed by atoms with van der Waals surface area (Å²) < 4.78 is 7.20. The quantitative estimate of drug-likeness (QED) is 0.418. The third-order valence-corrected chi connectivity index (χ3v) is 5.21. The monoisotopic (exact) mass is 452 g/mol. The van der Waals surface area contributed by atoms with Gasteiger partial charge in [0.05, 0.1) is 18.8 Å². The first-order valence-electron chi connectivity index (χ1n) is 10.2. The van der Waals surface area contributed by atoms with Gasteiger partial charge in [-0.25, -0.2) is 0 Å². The Kier molecular flexibility index (Phi) is 7.68. The van der Waals surface area contributed by atoms with Gasteiger partial charge in [-0.3, -0.25) is 25.1 Å². The molecule has 0 unspecified atom stereocenters. The summed E-state index contributed by atoms with van der Waals surface area (Å²) in [6.45, 7) is 6.77. The molecular weight excluding hydrogens is 428 g/mol. The molecule has 0 radical (unpaired) electrons. The van der Waals surface area contributed by atoms with Gasteiger partial charge in [0.25, 0.3) is 11.8 Å². The molecule has 32 heavy (non-hydrogen) atoms. The van der Waals surface area contributed by atoms with E-state index in [1.54, 1.807) is 30.3 Å². The number of carbonyl (C=O) groups is 2. The Hall–Kier alpha value is -3.58. The van der Waals surface area contributed by atoms with E-state index in [-0.39, 0.29) is 0 Å². The number of ether oxygens (including phenoxy) is 1. The van der Waals surface area contributed by atoms with E-state index in [1.165, 1.54) is 6.08 Å². The predicted molar refractivity (Wildman–Crippen MR) is 125 cm³/mol. The summed E-state index contributed by atoms with van der Waals surface area (Å²) in [5.41, 5.74) is 8.68. The summed E-state index contributed by atoms with van der Waals surface area (Å²) >= 11 is 6.25. The van der Waals surface area contributed by atoms with E-state index in [2.05, 4.69) is 16.0 Å². The van der Waals surface area contributed by atoms with Gasteiger partial charge in [0, 0.05) is 27.9 Å². The van der Waals surface area contributed by atoms with Crippen LogP contribution in [0.25, 0.3) is 6.08 Å². The van der Waals surface area contributed by atoms with Gasteiger partial charge < -0.3 is 4.74 Å². The maximum Gasteiger partial charge on any atom is 0.269 e. The highest BCUT2D eigenvalue weighted by Gasteiger charge is 2.12. The van der Waals surface area contributed by atoms with E-state index in [4.69, 9.17) is 16.3 Å². The first-order valence-corrected chi connectivity index (χ1v) is 10.6. The number of hydrogen-bond donors (Lipinski definition) is 2. The fraction of sp³-hybridized carbons (Fsp3) is 0.208. The molecule has 0 aliphatic carbocycles. The molecule has 0 bridgehead atoms. The van der Waals surface area contributed by atoms with E-state index in [9.17, 15) is 9.59 Å². The number of hydrazine groups is 1. The fourth-order valence-corrected chi connectivity index (χ4v) is 3.35. The number of aromatic nitrogens is 2. The summed E-state index contributed by atoms with van der Waals surface area (Å²) in [5.74, 6) is -0.200. The third kappa shape index (κ3) is 5.76. The van der Waals surface area contributed by atoms with Gasteiger partial charge >= 0.3 is 0 Å². The van der Waals surface area contributed by atoms with Crippen LogP contribution >= 0.6 is 11.6 Å². The van der Waals surface area contributed by atoms with E-state index >= 15 is 0 Å². The molecule has 0 atom stereocenters. The molecule has 0 saturated heterocycles. The number of rotatable bonds is 7. The Morgan fingerprint density at radius 2 is 1.81 bits per heavy atom. The number of hydrogen-bond acceptors (Lipinski definition) is 4. The molecule has 2 aromatic carbocycles. The average molecular weight is 453 g/mol. The van der Waals surface area contributed by atoms with Crippen molar-refractivity contribution in [2.24, 2.45) is 0 Å². The summed E-state index contributed by atoms with van der Waals surface area (Å²) in [7, 11) is 0. The molecule has 0 aliphatic heterocycles. The van der Waals surface area contributed by atoms with Crippen molar-refractivity contribution in [3.05, 3.63) is 87.7 Å². The maximum absolute atomic E-state index is 12.2. The minimum Gasteiger partial charge on any atom is -0.494 e. The molecule has 0 fully saturated rings. The minimum atomic E-state index is -0.457. The Morgan fingerprint density at radius 1 is 1.09 bits per heavy atom. The molecule has 0 saturated carbocycles. The molecule has 3 rings (SSSR count). The van der Waals surface area contributed by atoms with Crippen LogP contribution in [0, 0.1) is 13.8 Å². The summed E-state index contributed by atoms with van der Waals surface area (Å²) in [6.07, 6.45) is 3.04. The van der Waals surface area contributed by atoms with Crippen molar-refractivity contribution < 1.29 is 14.3 Å². The van der Waals surface area contributed by atoms with Gasteiger partial charge in [-0.05, 0) is 62.7 Å². The number of amides is 2. The van der Waals surface area contributed by atoms with Crippen molar-refractivity contribution in [3.63, 3.8) is 0 Å². The minimum absolute atomic E-state index is 0.408. The van der Waals surface area contributed by atoms with Crippen LogP contribution in [-0.4, -0.2) is 28.2 Å². The van der Waals surface area contributed by atoms with Crippen molar-refractivity contribution in [2.75, 3.05) is 6.61 Å². The standard InChI is InChI=1S/C24H25ClN4O3/c1-4-32-20-11-9-18(10-12-20)24(31)27-26-23(30)14-13-21-16(2)28-29(17(21)3)15-19-7-5-6-8-22(19)25/h5-14H,4,15H2,1-3H3,(H,26,30)(H,27,31)/b14-13+. The Morgan fingerprint density at radius 3 is 2.50 bits per heavy atom. The number of carbonyl (C=O) groups excluding carboxylic acids is 2. The number of aryl methyl sites for hydroxylation is 1. The first kappa shape index (κ1) is 23.1. The highest BCUT2D eigenvalue weighted by atomic mass is 35.5. The van der Waals surface area contributed by atoms with Crippen LogP contribution in [0.15, 0.2) is 54.6 Å². The molecule has 7 nitrogen and oxygen atoms in total. The van der Waals surface area contributed by atoms with Gasteiger partial charge in [0.15, 0.2) is 0 Å². The second kappa shape index (κ2) is 10.6. The molecule has 2 amide bonds. The van der Waals surface area contributed by atoms with E-state index in [0.29, 0.717) is 29.5 Å². The van der Waals surface area contributed by atoms with Crippen LogP contribution in [0.1, 0.15) is 39.8 Å². The maximum atomic E-state index is 12.2. The Balaban J connectivity index is 1.60. The van der Waals surface area contributed by atoms with Crippen LogP contribution in [0.3, 0.4) is 0 Å². The normalized spacial score (nSPS) is 10.9. The topological polar surface area (TPSA) is 85.2 Å². The third-order valence-electron chi connectivity index (χ3n) is 4.84. The fourth-order valence-electron chi connectivity index (χ4n) is 3.15. The predicted octanol–water partition coefficient (Wildman–Crippen LogP) is 4.07. The highest BCUT2D eigenvalue weighted by Crippen LogP contribution is 2.20. The largest absolute Gasteiger partial charge is 0.494 e. The summed E-state index contributed by atoms with van der Waals surface area (Å²) in [6, 6.07) is 14.3. The van der Waals surface area contributed by atoms with Gasteiger partial charge in [-0.2, -0.15) is 5.10 Å². The zero-order valence-corrected chi connectivity index (χ0v) is 18.9. The van der Waals surface area contributed by atoms with E-state index in [1.807, 2.05) is 49.7 Å². The number of nitrogens with zero attached hydrogens (tertiary/aromatic N) is 2. The lowest BCUT2D eigenvalue weighted by Crippen LogP contribution is -2.40. The number of benzene rings is 2.